The Morgan fingerprint density at radius 2 is 2.20 bits per heavy atom. The maximum absolute atomic E-state index is 6.34. The lowest BCUT2D eigenvalue weighted by molar-refractivity contribution is 0.276. The fourth-order valence-electron chi connectivity index (χ4n) is 3.31. The summed E-state index contributed by atoms with van der Waals surface area (Å²) in [7, 11) is 0. The second kappa shape index (κ2) is 4.74. The van der Waals surface area contributed by atoms with Crippen LogP contribution in [-0.2, 0) is 13.0 Å². The standard InChI is InChI=1S/C17H23N3/c1-12-10-19-6-4-13(12)11-20-7-5-14-15(18)8-17(2,3)9-16(14)20/h4-7,10,15H,8-9,11,18H2,1-3H3. The highest BCUT2D eigenvalue weighted by Gasteiger charge is 2.32. The predicted octanol–water partition coefficient (Wildman–Crippen LogP) is 3.21. The molecule has 1 aliphatic carbocycles. The molecule has 106 valence electrons. The van der Waals surface area contributed by atoms with Crippen molar-refractivity contribution in [2.24, 2.45) is 11.1 Å². The topological polar surface area (TPSA) is 43.8 Å². The molecule has 0 saturated carbocycles. The molecule has 2 aromatic rings. The van der Waals surface area contributed by atoms with Crippen LogP contribution in [0.2, 0.25) is 0 Å². The van der Waals surface area contributed by atoms with Gasteiger partial charge in [-0.2, -0.15) is 0 Å². The number of pyridine rings is 1. The first-order valence-corrected chi connectivity index (χ1v) is 7.29. The van der Waals surface area contributed by atoms with Crippen molar-refractivity contribution in [2.75, 3.05) is 0 Å². The van der Waals surface area contributed by atoms with Crippen molar-refractivity contribution in [3.63, 3.8) is 0 Å². The van der Waals surface area contributed by atoms with Gasteiger partial charge in [0.25, 0.3) is 0 Å². The van der Waals surface area contributed by atoms with E-state index in [0.717, 1.165) is 19.4 Å². The SMILES string of the molecule is Cc1cnccc1Cn1ccc2c1CC(C)(C)CC2N. The summed E-state index contributed by atoms with van der Waals surface area (Å²) in [5, 5.41) is 0. The van der Waals surface area contributed by atoms with E-state index in [-0.39, 0.29) is 11.5 Å². The molecule has 0 aromatic carbocycles. The van der Waals surface area contributed by atoms with Crippen molar-refractivity contribution < 1.29 is 0 Å². The summed E-state index contributed by atoms with van der Waals surface area (Å²) in [5.41, 5.74) is 11.9. The van der Waals surface area contributed by atoms with E-state index >= 15 is 0 Å². The summed E-state index contributed by atoms with van der Waals surface area (Å²) in [6.45, 7) is 7.65. The van der Waals surface area contributed by atoms with E-state index in [1.54, 1.807) is 0 Å². The van der Waals surface area contributed by atoms with E-state index in [2.05, 4.69) is 48.7 Å². The van der Waals surface area contributed by atoms with Gasteiger partial charge < -0.3 is 10.3 Å². The molecule has 1 atom stereocenters. The van der Waals surface area contributed by atoms with Crippen LogP contribution >= 0.6 is 0 Å². The van der Waals surface area contributed by atoms with Crippen molar-refractivity contribution in [3.8, 4) is 0 Å². The molecular weight excluding hydrogens is 246 g/mol. The van der Waals surface area contributed by atoms with E-state index in [1.165, 1.54) is 22.4 Å². The molecule has 3 heteroatoms. The Hall–Kier alpha value is -1.61. The molecule has 3 nitrogen and oxygen atoms in total. The van der Waals surface area contributed by atoms with Crippen LogP contribution in [0.5, 0.6) is 0 Å². The smallest absolute Gasteiger partial charge is 0.0476 e. The number of rotatable bonds is 2. The van der Waals surface area contributed by atoms with Crippen molar-refractivity contribution >= 4 is 0 Å². The van der Waals surface area contributed by atoms with Crippen molar-refractivity contribution in [2.45, 2.75) is 46.2 Å². The number of fused-ring (bicyclic) bond motifs is 1. The average Bonchev–Trinajstić information content (AvgIpc) is 2.74. The zero-order valence-corrected chi connectivity index (χ0v) is 12.6. The van der Waals surface area contributed by atoms with E-state index < -0.39 is 0 Å². The maximum atomic E-state index is 6.34. The fourth-order valence-corrected chi connectivity index (χ4v) is 3.31. The molecule has 0 fully saturated rings. The number of hydrogen-bond acceptors (Lipinski definition) is 2. The molecule has 3 rings (SSSR count). The first kappa shape index (κ1) is 13.4. The van der Waals surface area contributed by atoms with Crippen LogP contribution in [0.25, 0.3) is 0 Å². The quantitative estimate of drug-likeness (QED) is 0.909. The number of aromatic nitrogens is 2. The molecule has 0 bridgehead atoms. The molecular formula is C17H23N3. The minimum atomic E-state index is 0.175. The first-order chi connectivity index (χ1) is 9.46. The zero-order valence-electron chi connectivity index (χ0n) is 12.6. The van der Waals surface area contributed by atoms with Gasteiger partial charge in [-0.25, -0.2) is 0 Å². The van der Waals surface area contributed by atoms with Gasteiger partial charge in [-0.3, -0.25) is 4.98 Å². The van der Waals surface area contributed by atoms with Gasteiger partial charge in [-0.05, 0) is 54.0 Å². The summed E-state index contributed by atoms with van der Waals surface area (Å²) in [5.74, 6) is 0. The molecule has 0 amide bonds. The molecule has 1 aliphatic rings. The Labute approximate surface area is 120 Å². The van der Waals surface area contributed by atoms with Crippen LogP contribution < -0.4 is 5.73 Å². The third-order valence-corrected chi connectivity index (χ3v) is 4.41. The van der Waals surface area contributed by atoms with Crippen molar-refractivity contribution in [1.29, 1.82) is 0 Å². The maximum Gasteiger partial charge on any atom is 0.0476 e. The van der Waals surface area contributed by atoms with Crippen LogP contribution in [0.3, 0.4) is 0 Å². The van der Waals surface area contributed by atoms with Crippen LogP contribution in [0.4, 0.5) is 0 Å². The summed E-state index contributed by atoms with van der Waals surface area (Å²) in [6, 6.07) is 4.48. The van der Waals surface area contributed by atoms with E-state index in [9.17, 15) is 0 Å². The number of nitrogens with two attached hydrogens (primary N) is 1. The van der Waals surface area contributed by atoms with Gasteiger partial charge in [-0.15, -0.1) is 0 Å². The van der Waals surface area contributed by atoms with Crippen LogP contribution in [0, 0.1) is 12.3 Å². The van der Waals surface area contributed by atoms with Gasteiger partial charge in [0, 0.05) is 36.9 Å². The van der Waals surface area contributed by atoms with Crippen LogP contribution in [0.15, 0.2) is 30.7 Å². The van der Waals surface area contributed by atoms with Crippen molar-refractivity contribution in [1.82, 2.24) is 9.55 Å². The molecule has 0 aliphatic heterocycles. The summed E-state index contributed by atoms with van der Waals surface area (Å²) in [4.78, 5) is 4.17. The Bertz CT molecular complexity index is 625. The van der Waals surface area contributed by atoms with Crippen molar-refractivity contribution in [3.05, 3.63) is 53.1 Å². The highest BCUT2D eigenvalue weighted by molar-refractivity contribution is 5.32. The second-order valence-corrected chi connectivity index (χ2v) is 6.80. The monoisotopic (exact) mass is 269 g/mol. The Morgan fingerprint density at radius 3 is 2.95 bits per heavy atom. The Kier molecular flexibility index (Phi) is 3.17. The number of nitrogens with zero attached hydrogens (tertiary/aromatic N) is 2. The minimum Gasteiger partial charge on any atom is -0.347 e. The number of aryl methyl sites for hydroxylation is 1. The lowest BCUT2D eigenvalue weighted by Gasteiger charge is -2.34. The average molecular weight is 269 g/mol. The summed E-state index contributed by atoms with van der Waals surface area (Å²) in [6.07, 6.45) is 8.16. The fraction of sp³-hybridized carbons (Fsp3) is 0.471. The Balaban J connectivity index is 1.95. The first-order valence-electron chi connectivity index (χ1n) is 7.29. The molecule has 0 spiro atoms. The van der Waals surface area contributed by atoms with Gasteiger partial charge in [0.15, 0.2) is 0 Å². The molecule has 0 radical (unpaired) electrons. The molecule has 2 heterocycles. The molecule has 1 unspecified atom stereocenters. The predicted molar refractivity (Wildman–Crippen MR) is 81.5 cm³/mol. The second-order valence-electron chi connectivity index (χ2n) is 6.80. The highest BCUT2D eigenvalue weighted by Crippen LogP contribution is 2.40. The molecule has 0 saturated heterocycles. The summed E-state index contributed by atoms with van der Waals surface area (Å²) >= 11 is 0. The number of hydrogen-bond donors (Lipinski definition) is 1. The third-order valence-electron chi connectivity index (χ3n) is 4.41. The lowest BCUT2D eigenvalue weighted by atomic mass is 9.74. The molecule has 2 N–H and O–H groups in total. The van der Waals surface area contributed by atoms with Crippen LogP contribution in [-0.4, -0.2) is 9.55 Å². The normalized spacial score (nSPS) is 20.7. The minimum absolute atomic E-state index is 0.175. The summed E-state index contributed by atoms with van der Waals surface area (Å²) < 4.78 is 2.36. The van der Waals surface area contributed by atoms with E-state index in [0.29, 0.717) is 0 Å². The van der Waals surface area contributed by atoms with Gasteiger partial charge in [0.2, 0.25) is 0 Å². The highest BCUT2D eigenvalue weighted by atomic mass is 15.0. The molecule has 2 aromatic heterocycles. The molecule has 20 heavy (non-hydrogen) atoms. The van der Waals surface area contributed by atoms with Gasteiger partial charge in [0.1, 0.15) is 0 Å². The van der Waals surface area contributed by atoms with Gasteiger partial charge in [-0.1, -0.05) is 13.8 Å². The van der Waals surface area contributed by atoms with Gasteiger partial charge >= 0.3 is 0 Å². The third kappa shape index (κ3) is 2.38. The van der Waals surface area contributed by atoms with E-state index in [1.807, 2.05) is 12.4 Å². The Morgan fingerprint density at radius 1 is 1.40 bits per heavy atom. The van der Waals surface area contributed by atoms with E-state index in [4.69, 9.17) is 5.73 Å². The zero-order chi connectivity index (χ0) is 14.3. The largest absolute Gasteiger partial charge is 0.347 e. The van der Waals surface area contributed by atoms with Gasteiger partial charge in [0.05, 0.1) is 0 Å². The lowest BCUT2D eigenvalue weighted by Crippen LogP contribution is -2.30. The van der Waals surface area contributed by atoms with Crippen LogP contribution in [0.1, 0.15) is 48.7 Å².